The summed E-state index contributed by atoms with van der Waals surface area (Å²) in [6.45, 7) is 14.4. The molecule has 5 aliphatic rings. The fourth-order valence-electron chi connectivity index (χ4n) is 10.1. The second-order valence-corrected chi connectivity index (χ2v) is 15.5. The Bertz CT molecular complexity index is 903. The SMILES string of the molecule is CC(C)[C@H](C)CC[C@@H](C)[C@H]1CC[C@H]2[C@@H]3CC=C4C[C@@H](O[C@@H]5O[C@H](CO)[C@@H](O)[C@H](O)[C@H]5O)CC[C@]4(C)[C@H]3CC[C@]12C. The van der Waals surface area contributed by atoms with Crippen molar-refractivity contribution in [1.29, 1.82) is 0 Å². The first-order valence-corrected chi connectivity index (χ1v) is 16.6. The maximum atomic E-state index is 10.5. The molecule has 0 radical (unpaired) electrons. The van der Waals surface area contributed by atoms with E-state index >= 15 is 0 Å². The predicted molar refractivity (Wildman–Crippen MR) is 156 cm³/mol. The number of fused-ring (bicyclic) bond motifs is 5. The molecule has 4 fully saturated rings. The highest BCUT2D eigenvalue weighted by Crippen LogP contribution is 2.67. The van der Waals surface area contributed by atoms with Crippen LogP contribution in [0.3, 0.4) is 0 Å². The highest BCUT2D eigenvalue weighted by atomic mass is 16.7. The molecule has 230 valence electrons. The van der Waals surface area contributed by atoms with Gasteiger partial charge in [0.2, 0.25) is 0 Å². The van der Waals surface area contributed by atoms with Crippen molar-refractivity contribution in [1.82, 2.24) is 0 Å². The summed E-state index contributed by atoms with van der Waals surface area (Å²) in [5.74, 6) is 5.60. The third-order valence-corrected chi connectivity index (χ3v) is 13.2. The standard InChI is InChI=1S/C34H58O6/c1-19(2)20(3)7-8-21(4)25-11-12-26-24-10-9-22-17-23(13-15-33(22,5)27(24)14-16-34(25,26)6)39-32-31(38)30(37)29(36)28(18-35)40-32/h9,19-21,23-32,35-38H,7-8,10-18H2,1-6H3/t20-,21-,23+,24+,25-,26+,27+,28-,29-,30+,31-,32-,33+,34-/m1/s1. The number of aliphatic hydroxyl groups is 4. The Morgan fingerprint density at radius 2 is 1.68 bits per heavy atom. The number of allylic oxidation sites excluding steroid dienone is 1. The highest BCUT2D eigenvalue weighted by molar-refractivity contribution is 5.25. The summed E-state index contributed by atoms with van der Waals surface area (Å²) in [6, 6.07) is 0. The van der Waals surface area contributed by atoms with Gasteiger partial charge in [-0.3, -0.25) is 0 Å². The molecule has 4 N–H and O–H groups in total. The monoisotopic (exact) mass is 562 g/mol. The molecule has 6 heteroatoms. The molecule has 40 heavy (non-hydrogen) atoms. The molecule has 1 heterocycles. The minimum Gasteiger partial charge on any atom is -0.394 e. The van der Waals surface area contributed by atoms with Gasteiger partial charge in [0.05, 0.1) is 12.7 Å². The van der Waals surface area contributed by atoms with E-state index in [0.717, 1.165) is 60.7 Å². The van der Waals surface area contributed by atoms with Crippen LogP contribution < -0.4 is 0 Å². The first-order chi connectivity index (χ1) is 18.9. The molecule has 14 atom stereocenters. The van der Waals surface area contributed by atoms with Crippen LogP contribution in [0.15, 0.2) is 11.6 Å². The Morgan fingerprint density at radius 1 is 0.925 bits per heavy atom. The van der Waals surface area contributed by atoms with E-state index in [1.54, 1.807) is 0 Å². The lowest BCUT2D eigenvalue weighted by Crippen LogP contribution is -2.60. The van der Waals surface area contributed by atoms with Crippen LogP contribution in [0, 0.1) is 52.3 Å². The predicted octanol–water partition coefficient (Wildman–Crippen LogP) is 5.46. The van der Waals surface area contributed by atoms with Crippen molar-refractivity contribution in [2.75, 3.05) is 6.61 Å². The number of ether oxygens (including phenoxy) is 2. The highest BCUT2D eigenvalue weighted by Gasteiger charge is 2.59. The fourth-order valence-corrected chi connectivity index (χ4v) is 10.1. The second-order valence-electron chi connectivity index (χ2n) is 15.5. The minimum atomic E-state index is -1.40. The van der Waals surface area contributed by atoms with Gasteiger partial charge in [-0.15, -0.1) is 0 Å². The van der Waals surface area contributed by atoms with Gasteiger partial charge in [0, 0.05) is 0 Å². The van der Waals surface area contributed by atoms with Gasteiger partial charge in [-0.05, 0) is 104 Å². The first kappa shape index (κ1) is 30.9. The van der Waals surface area contributed by atoms with Gasteiger partial charge >= 0.3 is 0 Å². The summed E-state index contributed by atoms with van der Waals surface area (Å²) in [5, 5.41) is 40.3. The zero-order chi connectivity index (χ0) is 29.0. The van der Waals surface area contributed by atoms with E-state index in [1.807, 2.05) is 0 Å². The van der Waals surface area contributed by atoms with Crippen molar-refractivity contribution in [2.24, 2.45) is 52.3 Å². The lowest BCUT2D eigenvalue weighted by atomic mass is 9.47. The van der Waals surface area contributed by atoms with Crippen LogP contribution in [0.2, 0.25) is 0 Å². The molecule has 0 bridgehead atoms. The van der Waals surface area contributed by atoms with Crippen LogP contribution in [-0.4, -0.2) is 63.8 Å². The Morgan fingerprint density at radius 3 is 2.38 bits per heavy atom. The van der Waals surface area contributed by atoms with Crippen LogP contribution in [0.1, 0.15) is 106 Å². The average Bonchev–Trinajstić information content (AvgIpc) is 3.29. The number of hydrogen-bond donors (Lipinski definition) is 4. The topological polar surface area (TPSA) is 99.4 Å². The quantitative estimate of drug-likeness (QED) is 0.293. The van der Waals surface area contributed by atoms with Gasteiger partial charge in [-0.25, -0.2) is 0 Å². The maximum Gasteiger partial charge on any atom is 0.186 e. The Labute approximate surface area is 242 Å². The van der Waals surface area contributed by atoms with Gasteiger partial charge in [0.15, 0.2) is 6.29 Å². The van der Waals surface area contributed by atoms with Gasteiger partial charge in [0.1, 0.15) is 24.4 Å². The third kappa shape index (κ3) is 5.36. The molecule has 0 spiro atoms. The largest absolute Gasteiger partial charge is 0.394 e. The van der Waals surface area contributed by atoms with Crippen LogP contribution >= 0.6 is 0 Å². The molecule has 0 amide bonds. The molecule has 6 nitrogen and oxygen atoms in total. The lowest BCUT2D eigenvalue weighted by molar-refractivity contribution is -0.313. The summed E-state index contributed by atoms with van der Waals surface area (Å²) in [6.07, 6.45) is 8.56. The van der Waals surface area contributed by atoms with E-state index in [-0.39, 0.29) is 11.5 Å². The van der Waals surface area contributed by atoms with E-state index in [4.69, 9.17) is 9.47 Å². The van der Waals surface area contributed by atoms with Crippen LogP contribution in [0.5, 0.6) is 0 Å². The van der Waals surface area contributed by atoms with Crippen LogP contribution in [-0.2, 0) is 9.47 Å². The molecule has 1 aliphatic heterocycles. The number of rotatable bonds is 8. The van der Waals surface area contributed by atoms with Crippen LogP contribution in [0.25, 0.3) is 0 Å². The van der Waals surface area contributed by atoms with Crippen molar-refractivity contribution in [3.63, 3.8) is 0 Å². The smallest absolute Gasteiger partial charge is 0.186 e. The Balaban J connectivity index is 1.24. The van der Waals surface area contributed by atoms with Crippen molar-refractivity contribution >= 4 is 0 Å². The van der Waals surface area contributed by atoms with E-state index in [1.165, 1.54) is 50.5 Å². The van der Waals surface area contributed by atoms with Gasteiger partial charge < -0.3 is 29.9 Å². The molecular weight excluding hydrogens is 504 g/mol. The number of hydrogen-bond acceptors (Lipinski definition) is 6. The van der Waals surface area contributed by atoms with Crippen molar-refractivity contribution < 1.29 is 29.9 Å². The molecule has 3 saturated carbocycles. The molecule has 5 rings (SSSR count). The Hall–Kier alpha value is -0.500. The molecule has 1 saturated heterocycles. The normalized spacial score (nSPS) is 48.6. The average molecular weight is 563 g/mol. The first-order valence-electron chi connectivity index (χ1n) is 16.6. The summed E-state index contributed by atoms with van der Waals surface area (Å²) < 4.78 is 11.9. The van der Waals surface area contributed by atoms with Crippen LogP contribution in [0.4, 0.5) is 0 Å². The number of aliphatic hydroxyl groups excluding tert-OH is 4. The van der Waals surface area contributed by atoms with Gasteiger partial charge in [-0.1, -0.05) is 66.0 Å². The van der Waals surface area contributed by atoms with Gasteiger partial charge in [0.25, 0.3) is 0 Å². The van der Waals surface area contributed by atoms with Crippen molar-refractivity contribution in [3.8, 4) is 0 Å². The van der Waals surface area contributed by atoms with E-state index in [2.05, 4.69) is 47.6 Å². The summed E-state index contributed by atoms with van der Waals surface area (Å²) in [4.78, 5) is 0. The molecule has 0 unspecified atom stereocenters. The second kappa shape index (κ2) is 11.9. The van der Waals surface area contributed by atoms with E-state index in [0.29, 0.717) is 5.41 Å². The lowest BCUT2D eigenvalue weighted by Gasteiger charge is -2.58. The summed E-state index contributed by atoms with van der Waals surface area (Å²) in [7, 11) is 0. The summed E-state index contributed by atoms with van der Waals surface area (Å²) >= 11 is 0. The minimum absolute atomic E-state index is 0.101. The maximum absolute atomic E-state index is 10.5. The molecule has 0 aromatic carbocycles. The van der Waals surface area contributed by atoms with E-state index < -0.39 is 37.3 Å². The molecule has 0 aromatic rings. The third-order valence-electron chi connectivity index (χ3n) is 13.2. The molecular formula is C34H58O6. The van der Waals surface area contributed by atoms with E-state index in [9.17, 15) is 20.4 Å². The zero-order valence-electron chi connectivity index (χ0n) is 26.0. The molecule has 4 aliphatic carbocycles. The van der Waals surface area contributed by atoms with Crippen molar-refractivity contribution in [3.05, 3.63) is 11.6 Å². The van der Waals surface area contributed by atoms with Gasteiger partial charge in [-0.2, -0.15) is 0 Å². The summed E-state index contributed by atoms with van der Waals surface area (Å²) in [5.41, 5.74) is 2.19. The fraction of sp³-hybridized carbons (Fsp3) is 0.941. The Kier molecular flexibility index (Phi) is 9.19. The zero-order valence-corrected chi connectivity index (χ0v) is 26.0. The molecule has 0 aromatic heterocycles. The van der Waals surface area contributed by atoms with Crippen molar-refractivity contribution in [2.45, 2.75) is 143 Å².